The molecule has 0 N–H and O–H groups in total. The second-order valence-electron chi connectivity index (χ2n) is 8.75. The fourth-order valence-electron chi connectivity index (χ4n) is 4.04. The van der Waals surface area contributed by atoms with Gasteiger partial charge in [0.15, 0.2) is 14.6 Å². The highest BCUT2D eigenvalue weighted by molar-refractivity contribution is 14.1. The summed E-state index contributed by atoms with van der Waals surface area (Å²) in [5.74, 6) is -0.975. The van der Waals surface area contributed by atoms with Crippen LogP contribution in [0.2, 0.25) is 5.15 Å². The number of benzene rings is 2. The Bertz CT molecular complexity index is 1460. The van der Waals surface area contributed by atoms with E-state index < -0.39 is 30.4 Å². The van der Waals surface area contributed by atoms with Gasteiger partial charge in [-0.1, -0.05) is 47.0 Å². The average Bonchev–Trinajstić information content (AvgIpc) is 3.47. The highest BCUT2D eigenvalue weighted by Crippen LogP contribution is 2.34. The van der Waals surface area contributed by atoms with Crippen LogP contribution < -0.4 is 0 Å². The molecule has 0 bridgehead atoms. The van der Waals surface area contributed by atoms with Crippen molar-refractivity contribution in [3.8, 4) is 0 Å². The third kappa shape index (κ3) is 5.60. The molecule has 0 saturated carbocycles. The SMILES string of the molecule is Cc1ccc(C(=O)OC[C@H]2O[C@H](n3cnc4c(Cl)nc(I)nc43)C[C@@H]2OC(=O)c2ccc(C)cc2)cc1. The van der Waals surface area contributed by atoms with E-state index in [4.69, 9.17) is 25.8 Å². The molecule has 0 radical (unpaired) electrons. The minimum atomic E-state index is -0.706. The number of fused-ring (bicyclic) bond motifs is 1. The molecule has 9 nitrogen and oxygen atoms in total. The third-order valence-electron chi connectivity index (χ3n) is 6.05. The standard InChI is InChI=1S/C26H22ClIN4O5/c1-14-3-7-16(8-4-14)24(33)35-12-19-18(37-25(34)17-9-5-15(2)6-10-17)11-20(36-19)32-13-29-21-22(27)30-26(28)31-23(21)32/h3-10,13,18-20H,11-12H2,1-2H3/t18-,19+,20-/m0/s1. The van der Waals surface area contributed by atoms with Crippen molar-refractivity contribution in [2.75, 3.05) is 6.61 Å². The number of rotatable bonds is 6. The zero-order chi connectivity index (χ0) is 26.1. The van der Waals surface area contributed by atoms with E-state index >= 15 is 0 Å². The molecule has 2 aromatic carbocycles. The summed E-state index contributed by atoms with van der Waals surface area (Å²) in [5.41, 5.74) is 3.85. The van der Waals surface area contributed by atoms with E-state index in [1.165, 1.54) is 0 Å². The van der Waals surface area contributed by atoms with E-state index in [2.05, 4.69) is 15.0 Å². The summed E-state index contributed by atoms with van der Waals surface area (Å²) in [6.07, 6.45) is -0.105. The number of hydrogen-bond donors (Lipinski definition) is 0. The van der Waals surface area contributed by atoms with Crippen LogP contribution in [0, 0.1) is 17.7 Å². The lowest BCUT2D eigenvalue weighted by atomic mass is 10.1. The van der Waals surface area contributed by atoms with Gasteiger partial charge in [-0.2, -0.15) is 0 Å². The first kappa shape index (κ1) is 25.6. The minimum absolute atomic E-state index is 0.102. The maximum Gasteiger partial charge on any atom is 0.338 e. The number of hydrogen-bond acceptors (Lipinski definition) is 8. The van der Waals surface area contributed by atoms with Gasteiger partial charge in [-0.15, -0.1) is 0 Å². The highest BCUT2D eigenvalue weighted by atomic mass is 127. The van der Waals surface area contributed by atoms with Gasteiger partial charge in [0.1, 0.15) is 30.6 Å². The smallest absolute Gasteiger partial charge is 0.338 e. The number of esters is 2. The van der Waals surface area contributed by atoms with E-state index in [0.29, 0.717) is 32.5 Å². The highest BCUT2D eigenvalue weighted by Gasteiger charge is 2.40. The number of carbonyl (C=O) groups excluding carboxylic acids is 2. The second-order valence-corrected chi connectivity index (χ2v) is 10.1. The molecule has 37 heavy (non-hydrogen) atoms. The first-order valence-corrected chi connectivity index (χ1v) is 13.0. The van der Waals surface area contributed by atoms with Crippen molar-refractivity contribution in [2.45, 2.75) is 38.7 Å². The predicted octanol–water partition coefficient (Wildman–Crippen LogP) is 5.07. The van der Waals surface area contributed by atoms with Crippen molar-refractivity contribution in [1.82, 2.24) is 19.5 Å². The molecule has 1 saturated heterocycles. The first-order chi connectivity index (χ1) is 17.8. The molecule has 0 unspecified atom stereocenters. The number of nitrogens with zero attached hydrogens (tertiary/aromatic N) is 4. The summed E-state index contributed by atoms with van der Waals surface area (Å²) in [5, 5.41) is 0.233. The second kappa shape index (κ2) is 10.7. The van der Waals surface area contributed by atoms with Crippen molar-refractivity contribution in [3.63, 3.8) is 0 Å². The number of imidazole rings is 1. The van der Waals surface area contributed by atoms with Crippen molar-refractivity contribution < 1.29 is 23.8 Å². The Kier molecular flexibility index (Phi) is 7.40. The number of halogens is 2. The van der Waals surface area contributed by atoms with Gasteiger partial charge in [-0.25, -0.2) is 24.5 Å². The molecule has 11 heteroatoms. The van der Waals surface area contributed by atoms with Gasteiger partial charge in [0.25, 0.3) is 0 Å². The van der Waals surface area contributed by atoms with Gasteiger partial charge >= 0.3 is 11.9 Å². The summed E-state index contributed by atoms with van der Waals surface area (Å²) < 4.78 is 19.8. The molecule has 3 heterocycles. The fourth-order valence-corrected chi connectivity index (χ4v) is 4.86. The van der Waals surface area contributed by atoms with Gasteiger partial charge < -0.3 is 14.2 Å². The van der Waals surface area contributed by atoms with Crippen LogP contribution in [0.4, 0.5) is 0 Å². The molecule has 1 aliphatic heterocycles. The monoisotopic (exact) mass is 632 g/mol. The summed E-state index contributed by atoms with van der Waals surface area (Å²) in [6.45, 7) is 3.78. The van der Waals surface area contributed by atoms with Crippen LogP contribution in [0.3, 0.4) is 0 Å². The number of carbonyl (C=O) groups is 2. The molecule has 0 spiro atoms. The molecule has 2 aromatic heterocycles. The van der Waals surface area contributed by atoms with E-state index in [0.717, 1.165) is 11.1 Å². The normalized spacial score (nSPS) is 19.2. The Balaban J connectivity index is 1.37. The first-order valence-electron chi connectivity index (χ1n) is 11.5. The zero-order valence-corrected chi connectivity index (χ0v) is 22.8. The Morgan fingerprint density at radius 3 is 2.30 bits per heavy atom. The quantitative estimate of drug-likeness (QED) is 0.126. The lowest BCUT2D eigenvalue weighted by molar-refractivity contribution is -0.0563. The number of ether oxygens (including phenoxy) is 3. The molecule has 0 aliphatic carbocycles. The molecule has 1 aliphatic rings. The Morgan fingerprint density at radius 2 is 1.65 bits per heavy atom. The van der Waals surface area contributed by atoms with Gasteiger partial charge in [-0.05, 0) is 38.1 Å². The molecular formula is C26H22ClIN4O5. The largest absolute Gasteiger partial charge is 0.459 e. The van der Waals surface area contributed by atoms with E-state index in [1.807, 2.05) is 60.7 Å². The molecule has 0 amide bonds. The summed E-state index contributed by atoms with van der Waals surface area (Å²) in [6, 6.07) is 14.2. The van der Waals surface area contributed by atoms with Gasteiger partial charge in [0, 0.05) is 29.0 Å². The third-order valence-corrected chi connectivity index (χ3v) is 6.80. The summed E-state index contributed by atoms with van der Waals surface area (Å²) in [7, 11) is 0. The summed E-state index contributed by atoms with van der Waals surface area (Å²) >= 11 is 8.22. The van der Waals surface area contributed by atoms with Crippen molar-refractivity contribution >= 4 is 57.3 Å². The van der Waals surface area contributed by atoms with Crippen LogP contribution in [-0.4, -0.2) is 50.3 Å². The van der Waals surface area contributed by atoms with Gasteiger partial charge in [-0.3, -0.25) is 4.57 Å². The zero-order valence-electron chi connectivity index (χ0n) is 19.9. The fraction of sp³-hybridized carbons (Fsp3) is 0.269. The Hall–Kier alpha value is -3.09. The molecule has 4 aromatic rings. The van der Waals surface area contributed by atoms with E-state index in [9.17, 15) is 9.59 Å². The van der Waals surface area contributed by atoms with Gasteiger partial charge in [0.2, 0.25) is 0 Å². The molecule has 5 rings (SSSR count). The maximum absolute atomic E-state index is 12.9. The predicted molar refractivity (Wildman–Crippen MR) is 143 cm³/mol. The number of aromatic nitrogens is 4. The maximum atomic E-state index is 12.9. The van der Waals surface area contributed by atoms with Crippen LogP contribution in [-0.2, 0) is 14.2 Å². The van der Waals surface area contributed by atoms with Crippen molar-refractivity contribution in [1.29, 1.82) is 0 Å². The van der Waals surface area contributed by atoms with Crippen molar-refractivity contribution in [3.05, 3.63) is 86.1 Å². The topological polar surface area (TPSA) is 105 Å². The van der Waals surface area contributed by atoms with Crippen LogP contribution in [0.25, 0.3) is 11.2 Å². The van der Waals surface area contributed by atoms with Crippen molar-refractivity contribution in [2.24, 2.45) is 0 Å². The van der Waals surface area contributed by atoms with Crippen LogP contribution in [0.15, 0.2) is 54.9 Å². The summed E-state index contributed by atoms with van der Waals surface area (Å²) in [4.78, 5) is 38.4. The van der Waals surface area contributed by atoms with E-state index in [-0.39, 0.29) is 11.8 Å². The van der Waals surface area contributed by atoms with E-state index in [1.54, 1.807) is 35.2 Å². The van der Waals surface area contributed by atoms with Crippen LogP contribution in [0.1, 0.15) is 44.5 Å². The van der Waals surface area contributed by atoms with Crippen LogP contribution in [0.5, 0.6) is 0 Å². The molecule has 3 atom stereocenters. The lowest BCUT2D eigenvalue weighted by Gasteiger charge is -2.19. The Labute approximate surface area is 231 Å². The molecular weight excluding hydrogens is 611 g/mol. The van der Waals surface area contributed by atoms with Gasteiger partial charge in [0.05, 0.1) is 17.5 Å². The number of aryl methyl sites for hydroxylation is 2. The minimum Gasteiger partial charge on any atom is -0.459 e. The molecule has 1 fully saturated rings. The average molecular weight is 633 g/mol. The lowest BCUT2D eigenvalue weighted by Crippen LogP contribution is -2.32. The molecule has 190 valence electrons. The van der Waals surface area contributed by atoms with Crippen LogP contribution >= 0.6 is 34.2 Å². The Morgan fingerprint density at radius 1 is 1.03 bits per heavy atom.